The summed E-state index contributed by atoms with van der Waals surface area (Å²) in [4.78, 5) is 0. The first-order valence-corrected chi connectivity index (χ1v) is 4.80. The van der Waals surface area contributed by atoms with Gasteiger partial charge in [-0.05, 0) is 29.3 Å². The van der Waals surface area contributed by atoms with Crippen LogP contribution in [-0.4, -0.2) is 5.79 Å². The molecule has 0 spiro atoms. The molecule has 4 heteroatoms. The number of halogens is 2. The minimum Gasteiger partial charge on any atom is -0.399 e. The molecule has 0 aromatic heterocycles. The minimum atomic E-state index is -1.70. The highest BCUT2D eigenvalue weighted by molar-refractivity contribution is 5.85. The molecule has 0 saturated heterocycles. The fraction of sp³-hybridized carbons (Fsp3) is 0.167. The normalized spacial score (nSPS) is 23.5. The predicted octanol–water partition coefficient (Wildman–Crippen LogP) is 2.66. The molecule has 2 rings (SSSR count). The van der Waals surface area contributed by atoms with Crippen LogP contribution in [0.4, 0.5) is 10.1 Å². The number of nitrogens with two attached hydrogens (primary N) is 2. The van der Waals surface area contributed by atoms with Gasteiger partial charge in [-0.2, -0.15) is 0 Å². The Hall–Kier alpha value is -1.32. The van der Waals surface area contributed by atoms with Gasteiger partial charge in [-0.25, -0.2) is 4.39 Å². The van der Waals surface area contributed by atoms with Crippen LogP contribution < -0.4 is 11.5 Å². The van der Waals surface area contributed by atoms with Gasteiger partial charge in [0.1, 0.15) is 0 Å². The maximum atomic E-state index is 13.3. The van der Waals surface area contributed by atoms with Gasteiger partial charge < -0.3 is 5.73 Å². The SMILES string of the molecule is Cl.Nc1ccc(C2=CCC(N)(F)C=C2)cc1. The van der Waals surface area contributed by atoms with Gasteiger partial charge in [-0.15, -0.1) is 12.4 Å². The number of hydrogen-bond acceptors (Lipinski definition) is 2. The molecule has 0 aliphatic heterocycles. The van der Waals surface area contributed by atoms with E-state index in [0.29, 0.717) is 0 Å². The molecule has 0 amide bonds. The monoisotopic (exact) mass is 240 g/mol. The Bertz CT molecular complexity index is 421. The van der Waals surface area contributed by atoms with Crippen molar-refractivity contribution in [2.75, 3.05) is 5.73 Å². The highest BCUT2D eigenvalue weighted by Crippen LogP contribution is 2.26. The van der Waals surface area contributed by atoms with Crippen LogP contribution in [0.15, 0.2) is 42.5 Å². The van der Waals surface area contributed by atoms with Crippen LogP contribution in [0.25, 0.3) is 5.57 Å². The number of anilines is 1. The van der Waals surface area contributed by atoms with Gasteiger partial charge in [0.15, 0.2) is 5.79 Å². The lowest BCUT2D eigenvalue weighted by Gasteiger charge is -2.18. The van der Waals surface area contributed by atoms with Crippen LogP contribution in [0.1, 0.15) is 12.0 Å². The molecule has 2 nitrogen and oxygen atoms in total. The summed E-state index contributed by atoms with van der Waals surface area (Å²) >= 11 is 0. The summed E-state index contributed by atoms with van der Waals surface area (Å²) in [5.41, 5.74) is 13.6. The van der Waals surface area contributed by atoms with Crippen molar-refractivity contribution in [3.8, 4) is 0 Å². The van der Waals surface area contributed by atoms with Gasteiger partial charge in [0, 0.05) is 12.1 Å². The molecular weight excluding hydrogens is 227 g/mol. The van der Waals surface area contributed by atoms with Crippen LogP contribution in [0.3, 0.4) is 0 Å². The van der Waals surface area contributed by atoms with Crippen molar-refractivity contribution in [3.63, 3.8) is 0 Å². The Kier molecular flexibility index (Phi) is 3.73. The smallest absolute Gasteiger partial charge is 0.181 e. The Morgan fingerprint density at radius 1 is 1.19 bits per heavy atom. The molecule has 1 aliphatic rings. The summed E-state index contributed by atoms with van der Waals surface area (Å²) in [6, 6.07) is 7.47. The lowest BCUT2D eigenvalue weighted by atomic mass is 9.96. The van der Waals surface area contributed by atoms with E-state index in [-0.39, 0.29) is 18.8 Å². The Morgan fingerprint density at radius 3 is 2.31 bits per heavy atom. The molecule has 4 N–H and O–H groups in total. The van der Waals surface area contributed by atoms with Gasteiger partial charge in [0.25, 0.3) is 0 Å². The third-order valence-corrected chi connectivity index (χ3v) is 2.42. The zero-order chi connectivity index (χ0) is 10.9. The summed E-state index contributed by atoms with van der Waals surface area (Å²) in [7, 11) is 0. The standard InChI is InChI=1S/C12H13FN2.ClH/c13-12(15)7-5-10(6-8-12)9-1-3-11(14)4-2-9;/h1-7H,8,14-15H2;1H. The highest BCUT2D eigenvalue weighted by atomic mass is 35.5. The van der Waals surface area contributed by atoms with Crippen LogP contribution in [0.2, 0.25) is 0 Å². The van der Waals surface area contributed by atoms with E-state index in [9.17, 15) is 4.39 Å². The number of benzene rings is 1. The highest BCUT2D eigenvalue weighted by Gasteiger charge is 2.21. The Balaban J connectivity index is 0.00000128. The van der Waals surface area contributed by atoms with Crippen molar-refractivity contribution in [3.05, 3.63) is 48.1 Å². The number of allylic oxidation sites excluding steroid dienone is 2. The first-order chi connectivity index (χ1) is 7.07. The van der Waals surface area contributed by atoms with Gasteiger partial charge in [-0.1, -0.05) is 24.3 Å². The van der Waals surface area contributed by atoms with Gasteiger partial charge in [0.2, 0.25) is 0 Å². The lowest BCUT2D eigenvalue weighted by Crippen LogP contribution is -2.32. The van der Waals surface area contributed by atoms with Gasteiger partial charge in [-0.3, -0.25) is 5.73 Å². The van der Waals surface area contributed by atoms with E-state index in [0.717, 1.165) is 16.8 Å². The molecular formula is C12H14ClFN2. The second-order valence-electron chi connectivity index (χ2n) is 3.75. The third kappa shape index (κ3) is 2.84. The molecule has 0 bridgehead atoms. The number of rotatable bonds is 1. The molecule has 1 aromatic rings. The number of hydrogen-bond donors (Lipinski definition) is 2. The van der Waals surface area contributed by atoms with Crippen LogP contribution in [0.5, 0.6) is 0 Å². The van der Waals surface area contributed by atoms with E-state index in [2.05, 4.69) is 0 Å². The Labute approximate surface area is 100 Å². The zero-order valence-electron chi connectivity index (χ0n) is 8.69. The Morgan fingerprint density at radius 2 is 1.81 bits per heavy atom. The lowest BCUT2D eigenvalue weighted by molar-refractivity contribution is 0.242. The fourth-order valence-electron chi connectivity index (χ4n) is 1.52. The third-order valence-electron chi connectivity index (χ3n) is 2.42. The summed E-state index contributed by atoms with van der Waals surface area (Å²) in [5.74, 6) is -1.70. The molecule has 16 heavy (non-hydrogen) atoms. The number of alkyl halides is 1. The molecule has 1 unspecified atom stereocenters. The molecule has 1 aliphatic carbocycles. The summed E-state index contributed by atoms with van der Waals surface area (Å²) < 4.78 is 13.3. The summed E-state index contributed by atoms with van der Waals surface area (Å²) in [6.07, 6.45) is 5.10. The van der Waals surface area contributed by atoms with Crippen molar-refractivity contribution in [1.82, 2.24) is 0 Å². The van der Waals surface area contributed by atoms with Crippen molar-refractivity contribution in [1.29, 1.82) is 0 Å². The molecule has 86 valence electrons. The zero-order valence-corrected chi connectivity index (χ0v) is 9.51. The van der Waals surface area contributed by atoms with Crippen LogP contribution in [-0.2, 0) is 0 Å². The topological polar surface area (TPSA) is 52.0 Å². The first-order valence-electron chi connectivity index (χ1n) is 4.80. The van der Waals surface area contributed by atoms with E-state index in [1.54, 1.807) is 12.2 Å². The van der Waals surface area contributed by atoms with Crippen LogP contribution >= 0.6 is 12.4 Å². The maximum Gasteiger partial charge on any atom is 0.181 e. The van der Waals surface area contributed by atoms with Crippen LogP contribution in [0, 0.1) is 0 Å². The number of nitrogen functional groups attached to an aromatic ring is 1. The van der Waals surface area contributed by atoms with Gasteiger partial charge in [0.05, 0.1) is 0 Å². The minimum absolute atomic E-state index is 0. The van der Waals surface area contributed by atoms with E-state index in [4.69, 9.17) is 11.5 Å². The molecule has 0 saturated carbocycles. The summed E-state index contributed by atoms with van der Waals surface area (Å²) in [6.45, 7) is 0. The fourth-order valence-corrected chi connectivity index (χ4v) is 1.52. The summed E-state index contributed by atoms with van der Waals surface area (Å²) in [5, 5.41) is 0. The quantitative estimate of drug-likeness (QED) is 0.586. The van der Waals surface area contributed by atoms with E-state index >= 15 is 0 Å². The maximum absolute atomic E-state index is 13.3. The van der Waals surface area contributed by atoms with E-state index in [1.807, 2.05) is 24.3 Å². The van der Waals surface area contributed by atoms with Crippen molar-refractivity contribution < 1.29 is 4.39 Å². The van der Waals surface area contributed by atoms with Crippen molar-refractivity contribution >= 4 is 23.7 Å². The van der Waals surface area contributed by atoms with E-state index in [1.165, 1.54) is 6.08 Å². The molecule has 1 aromatic carbocycles. The molecule has 0 fully saturated rings. The van der Waals surface area contributed by atoms with Crippen molar-refractivity contribution in [2.45, 2.75) is 12.2 Å². The second-order valence-corrected chi connectivity index (χ2v) is 3.75. The molecule has 1 atom stereocenters. The molecule has 0 radical (unpaired) electrons. The average Bonchev–Trinajstić information content (AvgIpc) is 2.20. The van der Waals surface area contributed by atoms with E-state index < -0.39 is 5.79 Å². The predicted molar refractivity (Wildman–Crippen MR) is 67.9 cm³/mol. The second kappa shape index (κ2) is 4.68. The van der Waals surface area contributed by atoms with Gasteiger partial charge >= 0.3 is 0 Å². The molecule has 0 heterocycles. The first kappa shape index (κ1) is 12.7. The van der Waals surface area contributed by atoms with Crippen molar-refractivity contribution in [2.24, 2.45) is 5.73 Å². The average molecular weight is 241 g/mol. The largest absolute Gasteiger partial charge is 0.399 e.